The van der Waals surface area contributed by atoms with Crippen LogP contribution in [0.3, 0.4) is 0 Å². The van der Waals surface area contributed by atoms with Crippen molar-refractivity contribution in [3.63, 3.8) is 0 Å². The molecule has 0 bridgehead atoms. The number of hydrogen-bond acceptors (Lipinski definition) is 6. The third kappa shape index (κ3) is 4.66. The number of ketones is 1. The molecule has 7 heteroatoms. The monoisotopic (exact) mass is 423 g/mol. The van der Waals surface area contributed by atoms with Gasteiger partial charge < -0.3 is 18.8 Å². The Morgan fingerprint density at radius 1 is 1.19 bits per heavy atom. The van der Waals surface area contributed by atoms with E-state index in [9.17, 15) is 14.0 Å². The largest absolute Gasteiger partial charge is 0.497 e. The fourth-order valence-corrected chi connectivity index (χ4v) is 3.72. The number of halogens is 1. The maximum atomic E-state index is 14.4. The van der Waals surface area contributed by atoms with Crippen molar-refractivity contribution in [1.82, 2.24) is 5.16 Å². The molecule has 0 unspecified atom stereocenters. The van der Waals surface area contributed by atoms with Crippen LogP contribution < -0.4 is 9.47 Å². The van der Waals surface area contributed by atoms with E-state index in [1.165, 1.54) is 25.3 Å². The van der Waals surface area contributed by atoms with Crippen molar-refractivity contribution in [2.45, 2.75) is 32.1 Å². The number of aromatic nitrogens is 1. The Bertz CT molecular complexity index is 1120. The summed E-state index contributed by atoms with van der Waals surface area (Å²) >= 11 is 0. The fraction of sp³-hybridized carbons (Fsp3) is 0.292. The molecular weight excluding hydrogens is 401 g/mol. The summed E-state index contributed by atoms with van der Waals surface area (Å²) in [5.74, 6) is 0.211. The van der Waals surface area contributed by atoms with Crippen molar-refractivity contribution in [3.8, 4) is 22.8 Å². The molecule has 0 radical (unpaired) electrons. The summed E-state index contributed by atoms with van der Waals surface area (Å²) in [6, 6.07) is 11.3. The molecule has 1 heterocycles. The SMILES string of the molecule is COc1ccc(F)c(-c2nocc2C(=O)Oc2cccc([C@@H](CC(C)=O)C3CC3)c2)c1. The zero-order valence-electron chi connectivity index (χ0n) is 17.3. The Balaban J connectivity index is 1.58. The molecule has 6 nitrogen and oxygen atoms in total. The van der Waals surface area contributed by atoms with Gasteiger partial charge in [0.2, 0.25) is 0 Å². The lowest BCUT2D eigenvalue weighted by Gasteiger charge is -2.16. The molecule has 1 aliphatic carbocycles. The van der Waals surface area contributed by atoms with Gasteiger partial charge in [0.05, 0.1) is 7.11 Å². The minimum Gasteiger partial charge on any atom is -0.497 e. The quantitative estimate of drug-likeness (QED) is 0.367. The van der Waals surface area contributed by atoms with Gasteiger partial charge in [0.1, 0.15) is 40.6 Å². The molecule has 0 saturated heterocycles. The molecule has 1 saturated carbocycles. The highest BCUT2D eigenvalue weighted by atomic mass is 19.1. The van der Waals surface area contributed by atoms with Gasteiger partial charge in [-0.25, -0.2) is 9.18 Å². The average molecular weight is 423 g/mol. The molecule has 1 aliphatic rings. The van der Waals surface area contributed by atoms with Crippen molar-refractivity contribution in [2.75, 3.05) is 7.11 Å². The van der Waals surface area contributed by atoms with Crippen LogP contribution in [0.25, 0.3) is 11.3 Å². The van der Waals surface area contributed by atoms with Gasteiger partial charge in [-0.2, -0.15) is 0 Å². The third-order valence-corrected chi connectivity index (χ3v) is 5.41. The van der Waals surface area contributed by atoms with E-state index in [-0.39, 0.29) is 28.5 Å². The first-order chi connectivity index (χ1) is 15.0. The van der Waals surface area contributed by atoms with Crippen LogP contribution in [0.15, 0.2) is 53.3 Å². The number of nitrogens with zero attached hydrogens (tertiary/aromatic N) is 1. The van der Waals surface area contributed by atoms with E-state index in [0.29, 0.717) is 23.8 Å². The van der Waals surface area contributed by atoms with Crippen LogP contribution >= 0.6 is 0 Å². The molecule has 1 fully saturated rings. The first-order valence-corrected chi connectivity index (χ1v) is 10.1. The molecule has 4 rings (SSSR count). The lowest BCUT2D eigenvalue weighted by molar-refractivity contribution is -0.117. The van der Waals surface area contributed by atoms with Gasteiger partial charge in [-0.05, 0) is 67.5 Å². The number of methoxy groups -OCH3 is 1. The van der Waals surface area contributed by atoms with Gasteiger partial charge in [-0.15, -0.1) is 0 Å². The molecule has 160 valence electrons. The third-order valence-electron chi connectivity index (χ3n) is 5.41. The molecular formula is C24H22FNO5. The molecule has 1 atom stereocenters. The second-order valence-corrected chi connectivity index (χ2v) is 7.73. The van der Waals surface area contributed by atoms with Gasteiger partial charge in [0, 0.05) is 12.0 Å². The molecule has 31 heavy (non-hydrogen) atoms. The summed E-state index contributed by atoms with van der Waals surface area (Å²) in [5, 5.41) is 3.79. The van der Waals surface area contributed by atoms with E-state index >= 15 is 0 Å². The maximum absolute atomic E-state index is 14.4. The second kappa shape index (κ2) is 8.71. The van der Waals surface area contributed by atoms with E-state index in [1.54, 1.807) is 25.1 Å². The highest BCUT2D eigenvalue weighted by molar-refractivity contribution is 5.97. The number of hydrogen-bond donors (Lipinski definition) is 0. The van der Waals surface area contributed by atoms with Gasteiger partial charge in [0.25, 0.3) is 0 Å². The van der Waals surface area contributed by atoms with Crippen molar-refractivity contribution in [3.05, 3.63) is 65.7 Å². The summed E-state index contributed by atoms with van der Waals surface area (Å²) in [7, 11) is 1.46. The summed E-state index contributed by atoms with van der Waals surface area (Å²) in [5.41, 5.74) is 1.07. The van der Waals surface area contributed by atoms with E-state index in [0.717, 1.165) is 24.7 Å². The van der Waals surface area contributed by atoms with Crippen molar-refractivity contribution < 1.29 is 28.0 Å². The Morgan fingerprint density at radius 2 is 2.00 bits per heavy atom. The zero-order valence-corrected chi connectivity index (χ0v) is 17.3. The van der Waals surface area contributed by atoms with Gasteiger partial charge >= 0.3 is 5.97 Å². The lowest BCUT2D eigenvalue weighted by atomic mass is 9.89. The highest BCUT2D eigenvalue weighted by Crippen LogP contribution is 2.45. The van der Waals surface area contributed by atoms with Crippen LogP contribution in [0, 0.1) is 11.7 Å². The van der Waals surface area contributed by atoms with Crippen LogP contribution in [0.4, 0.5) is 4.39 Å². The Kier molecular flexibility index (Phi) is 5.84. The van der Waals surface area contributed by atoms with Crippen molar-refractivity contribution >= 4 is 11.8 Å². The molecule has 2 aromatic carbocycles. The predicted molar refractivity (Wildman–Crippen MR) is 111 cm³/mol. The van der Waals surface area contributed by atoms with Crippen LogP contribution in [0.2, 0.25) is 0 Å². The molecule has 1 aromatic heterocycles. The van der Waals surface area contributed by atoms with Crippen molar-refractivity contribution in [1.29, 1.82) is 0 Å². The number of benzene rings is 2. The number of Topliss-reactive ketones (excluding diaryl/α,β-unsaturated/α-hetero) is 1. The van der Waals surface area contributed by atoms with Gasteiger partial charge in [-0.3, -0.25) is 0 Å². The number of esters is 1. The standard InChI is InChI=1S/C24H22FNO5/c1-14(27)10-19(15-6-7-15)16-4-3-5-18(11-16)31-24(28)21-13-30-26-23(21)20-12-17(29-2)8-9-22(20)25/h3-5,8-9,11-13,15,19H,6-7,10H2,1-2H3/t19-/m0/s1. The highest BCUT2D eigenvalue weighted by Gasteiger charge is 2.33. The minimum atomic E-state index is -0.717. The Hall–Kier alpha value is -3.48. The first kappa shape index (κ1) is 20.8. The topological polar surface area (TPSA) is 78.6 Å². The normalized spacial score (nSPS) is 14.2. The smallest absolute Gasteiger partial charge is 0.349 e. The summed E-state index contributed by atoms with van der Waals surface area (Å²) in [6.45, 7) is 1.59. The summed E-state index contributed by atoms with van der Waals surface area (Å²) < 4.78 is 29.9. The van der Waals surface area contributed by atoms with Gasteiger partial charge in [0.15, 0.2) is 0 Å². The minimum absolute atomic E-state index is 0.0000324. The number of carbonyl (C=O) groups is 2. The lowest BCUT2D eigenvalue weighted by Crippen LogP contribution is -2.11. The summed E-state index contributed by atoms with van der Waals surface area (Å²) in [6.07, 6.45) is 3.78. The van der Waals surface area contributed by atoms with Crippen molar-refractivity contribution in [2.24, 2.45) is 5.92 Å². The zero-order chi connectivity index (χ0) is 22.0. The predicted octanol–water partition coefficient (Wildman–Crippen LogP) is 5.18. The number of rotatable bonds is 8. The van der Waals surface area contributed by atoms with Crippen LogP contribution in [-0.2, 0) is 4.79 Å². The molecule has 0 N–H and O–H groups in total. The van der Waals surface area contributed by atoms with E-state index < -0.39 is 11.8 Å². The number of ether oxygens (including phenoxy) is 2. The first-order valence-electron chi connectivity index (χ1n) is 10.1. The maximum Gasteiger partial charge on any atom is 0.349 e. The molecule has 3 aromatic rings. The van der Waals surface area contributed by atoms with E-state index in [4.69, 9.17) is 14.0 Å². The average Bonchev–Trinajstić information content (AvgIpc) is 3.48. The fourth-order valence-electron chi connectivity index (χ4n) is 3.72. The van der Waals surface area contributed by atoms with Crippen LogP contribution in [0.5, 0.6) is 11.5 Å². The van der Waals surface area contributed by atoms with Crippen LogP contribution in [-0.4, -0.2) is 24.0 Å². The number of carbonyl (C=O) groups excluding carboxylic acids is 2. The molecule has 0 aliphatic heterocycles. The van der Waals surface area contributed by atoms with E-state index in [1.807, 2.05) is 6.07 Å². The Morgan fingerprint density at radius 3 is 2.71 bits per heavy atom. The van der Waals surface area contributed by atoms with Gasteiger partial charge in [-0.1, -0.05) is 17.3 Å². The van der Waals surface area contributed by atoms with Crippen LogP contribution in [0.1, 0.15) is 48.0 Å². The Labute approximate surface area is 179 Å². The summed E-state index contributed by atoms with van der Waals surface area (Å²) in [4.78, 5) is 24.5. The molecule has 0 spiro atoms. The molecule has 0 amide bonds. The second-order valence-electron chi connectivity index (χ2n) is 7.73. The van der Waals surface area contributed by atoms with E-state index in [2.05, 4.69) is 5.16 Å².